The fourth-order valence-corrected chi connectivity index (χ4v) is 3.96. The van der Waals surface area contributed by atoms with E-state index in [2.05, 4.69) is 36.2 Å². The van der Waals surface area contributed by atoms with Gasteiger partial charge in [0.15, 0.2) is 11.6 Å². The molecule has 1 aromatic carbocycles. The van der Waals surface area contributed by atoms with Crippen molar-refractivity contribution in [1.29, 1.82) is 0 Å². The van der Waals surface area contributed by atoms with E-state index < -0.39 is 23.1 Å². The first kappa shape index (κ1) is 23.8. The maximum atomic E-state index is 15.4. The number of alkyl halides is 2. The summed E-state index contributed by atoms with van der Waals surface area (Å²) < 4.78 is 45.2. The number of piperazine rings is 1. The van der Waals surface area contributed by atoms with Crippen molar-refractivity contribution in [3.05, 3.63) is 65.5 Å². The molecule has 4 N–H and O–H groups in total. The van der Waals surface area contributed by atoms with Crippen LogP contribution in [0.2, 0.25) is 0 Å². The van der Waals surface area contributed by atoms with E-state index in [0.29, 0.717) is 17.0 Å². The van der Waals surface area contributed by atoms with E-state index >= 15 is 8.78 Å². The molecule has 188 valence electrons. The zero-order valence-corrected chi connectivity index (χ0v) is 19.4. The van der Waals surface area contributed by atoms with Crippen LogP contribution in [0.3, 0.4) is 0 Å². The summed E-state index contributed by atoms with van der Waals surface area (Å²) in [5, 5.41) is 19.8. The van der Waals surface area contributed by atoms with Crippen LogP contribution in [-0.2, 0) is 10.7 Å². The molecule has 0 unspecified atom stereocenters. The van der Waals surface area contributed by atoms with E-state index in [0.717, 1.165) is 56.1 Å². The number of halogens is 3. The summed E-state index contributed by atoms with van der Waals surface area (Å²) >= 11 is 0. The van der Waals surface area contributed by atoms with Crippen LogP contribution in [0.1, 0.15) is 17.1 Å². The van der Waals surface area contributed by atoms with Gasteiger partial charge in [0, 0.05) is 43.5 Å². The van der Waals surface area contributed by atoms with Gasteiger partial charge in [-0.25, -0.2) is 13.9 Å². The Labute approximate surface area is 203 Å². The third-order valence-electron chi connectivity index (χ3n) is 5.76. The maximum Gasteiger partial charge on any atom is 0.333 e. The zero-order chi connectivity index (χ0) is 25.3. The topological polar surface area (TPSA) is 115 Å². The summed E-state index contributed by atoms with van der Waals surface area (Å²) in [4.78, 5) is 18.7. The molecule has 13 heteroatoms. The SMILES string of the molecule is Cc1cc(Nc2nc(C(F)(F)c3ccc(F)cc3)nn3cc(NC(=O)CN4CCNCC4)cc23)n[nH]1. The molecule has 10 nitrogen and oxygen atoms in total. The van der Waals surface area contributed by atoms with E-state index in [1.165, 1.54) is 10.7 Å². The molecule has 4 aromatic rings. The van der Waals surface area contributed by atoms with Gasteiger partial charge in [0.25, 0.3) is 0 Å². The number of amides is 1. The van der Waals surface area contributed by atoms with Crippen LogP contribution < -0.4 is 16.0 Å². The maximum absolute atomic E-state index is 15.4. The van der Waals surface area contributed by atoms with Crippen LogP contribution in [0.25, 0.3) is 5.52 Å². The van der Waals surface area contributed by atoms with Crippen LogP contribution in [0.15, 0.2) is 42.6 Å². The number of rotatable bonds is 7. The number of carbonyl (C=O) groups is 1. The van der Waals surface area contributed by atoms with E-state index in [9.17, 15) is 9.18 Å². The molecule has 0 radical (unpaired) electrons. The van der Waals surface area contributed by atoms with E-state index in [1.54, 1.807) is 19.1 Å². The number of aromatic amines is 1. The molecule has 0 atom stereocenters. The van der Waals surface area contributed by atoms with Gasteiger partial charge in [-0.1, -0.05) is 0 Å². The monoisotopic (exact) mass is 499 g/mol. The minimum absolute atomic E-state index is 0.0656. The average Bonchev–Trinajstić information content (AvgIpc) is 3.45. The van der Waals surface area contributed by atoms with Gasteiger partial charge in [-0.15, -0.1) is 5.10 Å². The molecule has 0 aliphatic carbocycles. The highest BCUT2D eigenvalue weighted by molar-refractivity contribution is 5.93. The van der Waals surface area contributed by atoms with Crippen molar-refractivity contribution in [3.63, 3.8) is 0 Å². The lowest BCUT2D eigenvalue weighted by atomic mass is 10.1. The molecule has 5 rings (SSSR count). The van der Waals surface area contributed by atoms with Gasteiger partial charge < -0.3 is 16.0 Å². The molecular weight excluding hydrogens is 475 g/mol. The second kappa shape index (κ2) is 9.59. The van der Waals surface area contributed by atoms with E-state index in [-0.39, 0.29) is 18.3 Å². The van der Waals surface area contributed by atoms with Crippen molar-refractivity contribution >= 4 is 28.7 Å². The number of anilines is 3. The van der Waals surface area contributed by atoms with Gasteiger partial charge >= 0.3 is 5.92 Å². The lowest BCUT2D eigenvalue weighted by Gasteiger charge is -2.26. The number of aromatic nitrogens is 5. The third kappa shape index (κ3) is 5.02. The lowest BCUT2D eigenvalue weighted by Crippen LogP contribution is -2.46. The molecule has 1 fully saturated rings. The molecule has 1 aliphatic heterocycles. The van der Waals surface area contributed by atoms with Crippen molar-refractivity contribution in [1.82, 2.24) is 35.0 Å². The smallest absolute Gasteiger partial charge is 0.324 e. The first-order valence-electron chi connectivity index (χ1n) is 11.3. The van der Waals surface area contributed by atoms with E-state index in [4.69, 9.17) is 0 Å². The quantitative estimate of drug-likeness (QED) is 0.309. The van der Waals surface area contributed by atoms with Crippen molar-refractivity contribution in [2.75, 3.05) is 43.4 Å². The Bertz CT molecular complexity index is 1380. The highest BCUT2D eigenvalue weighted by Gasteiger charge is 2.39. The Hall–Kier alpha value is -3.97. The van der Waals surface area contributed by atoms with Crippen LogP contribution in [0.4, 0.5) is 30.5 Å². The second-order valence-corrected chi connectivity index (χ2v) is 8.56. The van der Waals surface area contributed by atoms with Crippen molar-refractivity contribution < 1.29 is 18.0 Å². The minimum atomic E-state index is -3.62. The highest BCUT2D eigenvalue weighted by Crippen LogP contribution is 2.35. The average molecular weight is 500 g/mol. The number of nitrogens with zero attached hydrogens (tertiary/aromatic N) is 5. The summed E-state index contributed by atoms with van der Waals surface area (Å²) in [5.41, 5.74) is 1.04. The van der Waals surface area contributed by atoms with Gasteiger partial charge in [-0.05, 0) is 37.3 Å². The molecule has 0 bridgehead atoms. The van der Waals surface area contributed by atoms with Crippen molar-refractivity contribution in [2.24, 2.45) is 0 Å². The number of nitrogens with one attached hydrogen (secondary N) is 4. The van der Waals surface area contributed by atoms with Crippen LogP contribution >= 0.6 is 0 Å². The van der Waals surface area contributed by atoms with Gasteiger partial charge in [0.05, 0.1) is 18.4 Å². The number of hydrogen-bond donors (Lipinski definition) is 4. The van der Waals surface area contributed by atoms with Crippen LogP contribution in [0, 0.1) is 12.7 Å². The Morgan fingerprint density at radius 1 is 1.17 bits per heavy atom. The molecule has 36 heavy (non-hydrogen) atoms. The number of hydrogen-bond acceptors (Lipinski definition) is 7. The normalized spacial score (nSPS) is 14.8. The molecule has 3 aromatic heterocycles. The fraction of sp³-hybridized carbons (Fsp3) is 0.304. The summed E-state index contributed by atoms with van der Waals surface area (Å²) in [7, 11) is 0. The van der Waals surface area contributed by atoms with Gasteiger partial charge in [0.2, 0.25) is 11.7 Å². The molecular formula is C23H24F3N9O. The molecule has 1 aliphatic rings. The lowest BCUT2D eigenvalue weighted by molar-refractivity contribution is -0.117. The van der Waals surface area contributed by atoms with Gasteiger partial charge in [-0.2, -0.15) is 13.9 Å². The van der Waals surface area contributed by atoms with Crippen molar-refractivity contribution in [2.45, 2.75) is 12.8 Å². The Morgan fingerprint density at radius 3 is 2.61 bits per heavy atom. The number of carbonyl (C=O) groups excluding carboxylic acids is 1. The van der Waals surface area contributed by atoms with Crippen LogP contribution in [-0.4, -0.2) is 68.3 Å². The number of aryl methyl sites for hydroxylation is 1. The zero-order valence-electron chi connectivity index (χ0n) is 19.4. The first-order chi connectivity index (χ1) is 17.3. The second-order valence-electron chi connectivity index (χ2n) is 8.56. The molecule has 1 amide bonds. The molecule has 0 spiro atoms. The Balaban J connectivity index is 1.49. The Kier molecular flexibility index (Phi) is 6.33. The van der Waals surface area contributed by atoms with Crippen LogP contribution in [0.5, 0.6) is 0 Å². The fourth-order valence-electron chi connectivity index (χ4n) is 3.96. The molecule has 1 saturated heterocycles. The standard InChI is InChI=1S/C23H24F3N9O/c1-14-10-19(32-31-14)29-21-18-11-17(28-20(36)13-34-8-6-27-7-9-34)12-35(18)33-22(30-21)23(25,26)15-2-4-16(24)5-3-15/h2-5,10-12,27H,6-9,13H2,1H3,(H,28,36)(H2,29,30,31,32,33). The molecule has 4 heterocycles. The van der Waals surface area contributed by atoms with Gasteiger partial charge in [0.1, 0.15) is 11.3 Å². The number of fused-ring (bicyclic) bond motifs is 1. The third-order valence-corrected chi connectivity index (χ3v) is 5.76. The predicted molar refractivity (Wildman–Crippen MR) is 127 cm³/mol. The summed E-state index contributed by atoms with van der Waals surface area (Å²) in [5.74, 6) is -4.84. The van der Waals surface area contributed by atoms with Gasteiger partial charge in [-0.3, -0.25) is 14.8 Å². The first-order valence-corrected chi connectivity index (χ1v) is 11.3. The summed E-state index contributed by atoms with van der Waals surface area (Å²) in [6, 6.07) is 7.17. The number of H-pyrrole nitrogens is 1. The summed E-state index contributed by atoms with van der Waals surface area (Å²) in [6.45, 7) is 5.15. The Morgan fingerprint density at radius 2 is 1.92 bits per heavy atom. The highest BCUT2D eigenvalue weighted by atomic mass is 19.3. The predicted octanol–water partition coefficient (Wildman–Crippen LogP) is 2.63. The molecule has 0 saturated carbocycles. The summed E-state index contributed by atoms with van der Waals surface area (Å²) in [6.07, 6.45) is 1.44. The van der Waals surface area contributed by atoms with E-state index in [1.807, 2.05) is 4.90 Å². The number of benzene rings is 1. The largest absolute Gasteiger partial charge is 0.333 e. The minimum Gasteiger partial charge on any atom is -0.324 e. The van der Waals surface area contributed by atoms with Crippen molar-refractivity contribution in [3.8, 4) is 0 Å².